The molecule has 0 spiro atoms. The van der Waals surface area contributed by atoms with Crippen molar-refractivity contribution < 1.29 is 27.4 Å². The summed E-state index contributed by atoms with van der Waals surface area (Å²) in [6, 6.07) is 11.0. The van der Waals surface area contributed by atoms with E-state index in [1.807, 2.05) is 0 Å². The van der Waals surface area contributed by atoms with Gasteiger partial charge in [0.05, 0.1) is 21.3 Å². The van der Waals surface area contributed by atoms with Crippen LogP contribution >= 0.6 is 0 Å². The van der Waals surface area contributed by atoms with Crippen molar-refractivity contribution in [1.29, 1.82) is 0 Å². The molecule has 1 saturated heterocycles. The van der Waals surface area contributed by atoms with Crippen molar-refractivity contribution in [3.63, 3.8) is 0 Å². The summed E-state index contributed by atoms with van der Waals surface area (Å²) in [5, 5.41) is 0. The lowest BCUT2D eigenvalue weighted by Gasteiger charge is -2.18. The lowest BCUT2D eigenvalue weighted by molar-refractivity contribution is -0.117. The van der Waals surface area contributed by atoms with Gasteiger partial charge < -0.3 is 19.1 Å². The summed E-state index contributed by atoms with van der Waals surface area (Å²) in [7, 11) is 0.497. The maximum Gasteiger partial charge on any atom is 0.244 e. The normalized spacial score (nSPS) is 16.9. The summed E-state index contributed by atoms with van der Waals surface area (Å²) < 4.78 is 43.7. The molecule has 9 heteroatoms. The second-order valence-corrected chi connectivity index (χ2v) is 7.92. The molecular weight excluding hydrogens is 384 g/mol. The first kappa shape index (κ1) is 20.0. The van der Waals surface area contributed by atoms with Crippen LogP contribution in [0, 0.1) is 0 Å². The Bertz CT molecular complexity index is 959. The molecule has 2 aromatic rings. The van der Waals surface area contributed by atoms with Gasteiger partial charge in [0.1, 0.15) is 22.1 Å². The average Bonchev–Trinajstić information content (AvgIpc) is 3.06. The number of rotatable bonds is 7. The third kappa shape index (κ3) is 4.05. The van der Waals surface area contributed by atoms with Gasteiger partial charge in [0.2, 0.25) is 15.9 Å². The summed E-state index contributed by atoms with van der Waals surface area (Å²) in [4.78, 5) is 13.9. The molecule has 8 nitrogen and oxygen atoms in total. The van der Waals surface area contributed by atoms with Crippen molar-refractivity contribution in [2.75, 3.05) is 32.8 Å². The molecule has 2 aromatic carbocycles. The first-order chi connectivity index (χ1) is 13.4. The number of carbonyl (C=O) groups is 1. The van der Waals surface area contributed by atoms with Crippen molar-refractivity contribution in [1.82, 2.24) is 4.72 Å². The second-order valence-electron chi connectivity index (χ2n) is 6.24. The Morgan fingerprint density at radius 2 is 1.61 bits per heavy atom. The SMILES string of the molecule is COc1ccc(N2C[C@H](NS(=O)(=O)c3cc(OC)ccc3OC)CC2=O)cc1. The van der Waals surface area contributed by atoms with Crippen LogP contribution < -0.4 is 23.8 Å². The molecule has 0 bridgehead atoms. The van der Waals surface area contributed by atoms with E-state index in [0.717, 1.165) is 0 Å². The number of benzene rings is 2. The molecule has 28 heavy (non-hydrogen) atoms. The summed E-state index contributed by atoms with van der Waals surface area (Å²) in [6.45, 7) is 0.233. The minimum atomic E-state index is -3.91. The lowest BCUT2D eigenvalue weighted by Crippen LogP contribution is -2.37. The first-order valence-electron chi connectivity index (χ1n) is 8.56. The van der Waals surface area contributed by atoms with Gasteiger partial charge in [0, 0.05) is 30.8 Å². The molecule has 0 saturated carbocycles. The van der Waals surface area contributed by atoms with E-state index in [2.05, 4.69) is 4.72 Å². The molecule has 3 rings (SSSR count). The van der Waals surface area contributed by atoms with Gasteiger partial charge in [-0.3, -0.25) is 4.79 Å². The molecule has 1 atom stereocenters. The highest BCUT2D eigenvalue weighted by atomic mass is 32.2. The van der Waals surface area contributed by atoms with E-state index < -0.39 is 16.1 Å². The Morgan fingerprint density at radius 1 is 0.964 bits per heavy atom. The van der Waals surface area contributed by atoms with Crippen molar-refractivity contribution in [3.05, 3.63) is 42.5 Å². The van der Waals surface area contributed by atoms with Crippen molar-refractivity contribution in [3.8, 4) is 17.2 Å². The van der Waals surface area contributed by atoms with Crippen LogP contribution in [0.25, 0.3) is 0 Å². The van der Waals surface area contributed by atoms with Gasteiger partial charge >= 0.3 is 0 Å². The first-order valence-corrected chi connectivity index (χ1v) is 10.0. The number of nitrogens with zero attached hydrogens (tertiary/aromatic N) is 1. The summed E-state index contributed by atoms with van der Waals surface area (Å²) in [6.07, 6.45) is 0.0670. The highest BCUT2D eigenvalue weighted by Crippen LogP contribution is 2.29. The van der Waals surface area contributed by atoms with E-state index in [9.17, 15) is 13.2 Å². The van der Waals surface area contributed by atoms with Gasteiger partial charge in [-0.1, -0.05) is 0 Å². The standard InChI is InChI=1S/C19H22N2O6S/c1-25-15-6-4-14(5-7-15)21-12-13(10-19(21)22)20-28(23,24)18-11-16(26-2)8-9-17(18)27-3/h4-9,11,13,20H,10,12H2,1-3H3/t13-/m1/s1. The monoisotopic (exact) mass is 406 g/mol. The molecule has 1 N–H and O–H groups in total. The van der Waals surface area contributed by atoms with Crippen LogP contribution in [0.2, 0.25) is 0 Å². The molecule has 1 amide bonds. The summed E-state index contributed by atoms with van der Waals surface area (Å²) in [5.41, 5.74) is 0.687. The zero-order valence-electron chi connectivity index (χ0n) is 15.8. The van der Waals surface area contributed by atoms with Crippen LogP contribution in [0.1, 0.15) is 6.42 Å². The zero-order chi connectivity index (χ0) is 20.3. The largest absolute Gasteiger partial charge is 0.497 e. The Hall–Kier alpha value is -2.78. The predicted octanol–water partition coefficient (Wildman–Crippen LogP) is 1.80. The zero-order valence-corrected chi connectivity index (χ0v) is 16.7. The van der Waals surface area contributed by atoms with Gasteiger partial charge in [-0.25, -0.2) is 13.1 Å². The highest BCUT2D eigenvalue weighted by Gasteiger charge is 2.34. The van der Waals surface area contributed by atoms with Crippen molar-refractivity contribution in [2.45, 2.75) is 17.4 Å². The maximum atomic E-state index is 12.9. The fourth-order valence-electron chi connectivity index (χ4n) is 3.08. The number of hydrogen-bond donors (Lipinski definition) is 1. The van der Waals surface area contributed by atoms with E-state index in [4.69, 9.17) is 14.2 Å². The number of anilines is 1. The van der Waals surface area contributed by atoms with Crippen LogP contribution in [0.15, 0.2) is 47.4 Å². The molecule has 150 valence electrons. The third-order valence-electron chi connectivity index (χ3n) is 4.49. The number of carbonyl (C=O) groups excluding carboxylic acids is 1. The number of hydrogen-bond acceptors (Lipinski definition) is 6. The summed E-state index contributed by atoms with van der Waals surface area (Å²) in [5.74, 6) is 1.11. The Balaban J connectivity index is 1.79. The quantitative estimate of drug-likeness (QED) is 0.754. The smallest absolute Gasteiger partial charge is 0.244 e. The minimum absolute atomic E-state index is 0.0373. The van der Waals surface area contributed by atoms with E-state index in [0.29, 0.717) is 17.2 Å². The number of amides is 1. The molecule has 0 unspecified atom stereocenters. The van der Waals surface area contributed by atoms with E-state index in [1.54, 1.807) is 42.3 Å². The topological polar surface area (TPSA) is 94.2 Å². The molecular formula is C19H22N2O6S. The van der Waals surface area contributed by atoms with Crippen LogP contribution in [-0.4, -0.2) is 48.2 Å². The van der Waals surface area contributed by atoms with Gasteiger partial charge in [0.25, 0.3) is 0 Å². The summed E-state index contributed by atoms with van der Waals surface area (Å²) >= 11 is 0. The van der Waals surface area contributed by atoms with Gasteiger partial charge in [-0.15, -0.1) is 0 Å². The third-order valence-corrected chi connectivity index (χ3v) is 6.03. The lowest BCUT2D eigenvalue weighted by atomic mass is 10.3. The molecule has 1 aliphatic heterocycles. The maximum absolute atomic E-state index is 12.9. The van der Waals surface area contributed by atoms with Crippen LogP contribution in [-0.2, 0) is 14.8 Å². The number of nitrogens with one attached hydrogen (secondary N) is 1. The predicted molar refractivity (Wildman–Crippen MR) is 104 cm³/mol. The Kier molecular flexibility index (Phi) is 5.76. The average molecular weight is 406 g/mol. The van der Waals surface area contributed by atoms with Crippen LogP contribution in [0.3, 0.4) is 0 Å². The Labute approximate surface area is 164 Å². The molecule has 1 fully saturated rings. The molecule has 1 heterocycles. The van der Waals surface area contributed by atoms with Crippen molar-refractivity contribution >= 4 is 21.6 Å². The van der Waals surface area contributed by atoms with E-state index in [1.165, 1.54) is 26.4 Å². The molecule has 0 aromatic heterocycles. The number of ether oxygens (including phenoxy) is 3. The Morgan fingerprint density at radius 3 is 2.21 bits per heavy atom. The molecule has 1 aliphatic rings. The van der Waals surface area contributed by atoms with Gasteiger partial charge in [-0.2, -0.15) is 0 Å². The van der Waals surface area contributed by atoms with Gasteiger partial charge in [0.15, 0.2) is 0 Å². The molecule has 0 radical (unpaired) electrons. The second kappa shape index (κ2) is 8.07. The van der Waals surface area contributed by atoms with Crippen molar-refractivity contribution in [2.24, 2.45) is 0 Å². The van der Waals surface area contributed by atoms with Crippen LogP contribution in [0.5, 0.6) is 17.2 Å². The number of methoxy groups -OCH3 is 3. The van der Waals surface area contributed by atoms with E-state index >= 15 is 0 Å². The number of sulfonamides is 1. The fraction of sp³-hybridized carbons (Fsp3) is 0.316. The molecule has 0 aliphatic carbocycles. The van der Waals surface area contributed by atoms with E-state index in [-0.39, 0.29) is 29.5 Å². The fourth-order valence-corrected chi connectivity index (χ4v) is 4.49. The van der Waals surface area contributed by atoms with Gasteiger partial charge in [-0.05, 0) is 36.4 Å². The minimum Gasteiger partial charge on any atom is -0.497 e. The highest BCUT2D eigenvalue weighted by molar-refractivity contribution is 7.89. The van der Waals surface area contributed by atoms with Crippen LogP contribution in [0.4, 0.5) is 5.69 Å².